The van der Waals surface area contributed by atoms with E-state index >= 15 is 0 Å². The number of hydrogen-bond donors (Lipinski definition) is 0. The fraction of sp³-hybridized carbons (Fsp3) is 0.550. The summed E-state index contributed by atoms with van der Waals surface area (Å²) in [6.07, 6.45) is 8.91. The molecule has 1 aromatic rings. The van der Waals surface area contributed by atoms with E-state index in [1.165, 1.54) is 23.3 Å². The molecule has 0 bridgehead atoms. The molecule has 1 fully saturated rings. The van der Waals surface area contributed by atoms with Gasteiger partial charge < -0.3 is 4.74 Å². The second-order valence-corrected chi connectivity index (χ2v) is 6.37. The van der Waals surface area contributed by atoms with Gasteiger partial charge in [-0.2, -0.15) is 9.65 Å². The smallest absolute Gasteiger partial charge is 0.196 e. The average Bonchev–Trinajstić information content (AvgIpc) is 2.61. The molecule has 0 radical (unpaired) electrons. The van der Waals surface area contributed by atoms with Crippen LogP contribution in [-0.4, -0.2) is 6.10 Å². The lowest BCUT2D eigenvalue weighted by atomic mass is 9.84. The molecule has 1 saturated carbocycles. The monoisotopic (exact) mass is 315 g/mol. The van der Waals surface area contributed by atoms with Crippen LogP contribution >= 0.6 is 0 Å². The highest BCUT2D eigenvalue weighted by Gasteiger charge is 2.21. The Balaban J connectivity index is 1.65. The first-order valence-corrected chi connectivity index (χ1v) is 8.66. The van der Waals surface area contributed by atoms with Crippen LogP contribution in [0.25, 0.3) is 0 Å². The summed E-state index contributed by atoms with van der Waals surface area (Å²) >= 11 is 0. The predicted molar refractivity (Wildman–Crippen MR) is 90.4 cm³/mol. The molecule has 1 aliphatic rings. The number of rotatable bonds is 7. The number of halogens is 1. The molecule has 1 aliphatic carbocycles. The minimum absolute atomic E-state index is 0.350. The van der Waals surface area contributed by atoms with Gasteiger partial charge in [0.15, 0.2) is 5.83 Å². The van der Waals surface area contributed by atoms with Crippen molar-refractivity contribution < 1.29 is 9.13 Å². The molecule has 3 heteroatoms. The minimum atomic E-state index is -0.656. The van der Waals surface area contributed by atoms with Crippen LogP contribution in [0, 0.1) is 17.2 Å². The van der Waals surface area contributed by atoms with Crippen molar-refractivity contribution in [2.45, 2.75) is 64.6 Å². The lowest BCUT2D eigenvalue weighted by molar-refractivity contribution is 0.00645. The maximum atomic E-state index is 12.7. The molecule has 2 nitrogen and oxygen atoms in total. The molecule has 124 valence electrons. The highest BCUT2D eigenvalue weighted by molar-refractivity contribution is 5.21. The second kappa shape index (κ2) is 9.47. The van der Waals surface area contributed by atoms with Gasteiger partial charge in [-0.1, -0.05) is 31.2 Å². The molecule has 0 aromatic heterocycles. The summed E-state index contributed by atoms with van der Waals surface area (Å²) in [6.45, 7) is 2.85. The number of allylic oxidation sites excluding steroid dienone is 2. The fourth-order valence-corrected chi connectivity index (χ4v) is 3.16. The SMILES string of the molecule is CCc1ccc(CO[C@H]2CC[C@H](CC/C=C(\F)C#N)CC2)cc1. The molecule has 0 N–H and O–H groups in total. The van der Waals surface area contributed by atoms with Crippen LogP contribution in [0.1, 0.15) is 56.6 Å². The first kappa shape index (κ1) is 17.7. The van der Waals surface area contributed by atoms with E-state index in [4.69, 9.17) is 10.00 Å². The maximum absolute atomic E-state index is 12.7. The topological polar surface area (TPSA) is 33.0 Å². The summed E-state index contributed by atoms with van der Waals surface area (Å²) in [5.41, 5.74) is 2.59. The van der Waals surface area contributed by atoms with Gasteiger partial charge in [-0.15, -0.1) is 0 Å². The van der Waals surface area contributed by atoms with Gasteiger partial charge >= 0.3 is 0 Å². The standard InChI is InChI=1S/C20H26FNO/c1-2-16-6-8-18(9-7-16)15-23-20-12-10-17(11-13-20)4-3-5-19(21)14-22/h5-9,17,20H,2-4,10-13,15H2,1H3/b19-5-/t17-,20-. The molecular weight excluding hydrogens is 289 g/mol. The summed E-state index contributed by atoms with van der Waals surface area (Å²) in [5, 5.41) is 8.38. The van der Waals surface area contributed by atoms with Crippen LogP contribution < -0.4 is 0 Å². The zero-order valence-electron chi connectivity index (χ0n) is 13.9. The third-order valence-corrected chi connectivity index (χ3v) is 4.72. The Morgan fingerprint density at radius 1 is 1.22 bits per heavy atom. The van der Waals surface area contributed by atoms with Gasteiger partial charge in [0.05, 0.1) is 12.7 Å². The van der Waals surface area contributed by atoms with Gasteiger partial charge in [0.25, 0.3) is 0 Å². The summed E-state index contributed by atoms with van der Waals surface area (Å²) < 4.78 is 18.8. The Morgan fingerprint density at radius 2 is 1.87 bits per heavy atom. The van der Waals surface area contributed by atoms with Crippen molar-refractivity contribution >= 4 is 0 Å². The highest BCUT2D eigenvalue weighted by Crippen LogP contribution is 2.30. The third kappa shape index (κ3) is 6.15. The Hall–Kier alpha value is -1.66. The van der Waals surface area contributed by atoms with Gasteiger partial charge in [0, 0.05) is 0 Å². The van der Waals surface area contributed by atoms with Crippen molar-refractivity contribution in [2.75, 3.05) is 0 Å². The van der Waals surface area contributed by atoms with E-state index in [-0.39, 0.29) is 0 Å². The van der Waals surface area contributed by atoms with Crippen molar-refractivity contribution in [1.82, 2.24) is 0 Å². The molecule has 2 rings (SSSR count). The fourth-order valence-electron chi connectivity index (χ4n) is 3.16. The first-order chi connectivity index (χ1) is 11.2. The molecule has 0 saturated heterocycles. The molecular formula is C20H26FNO. The van der Waals surface area contributed by atoms with Crippen LogP contribution in [-0.2, 0) is 17.8 Å². The average molecular weight is 315 g/mol. The van der Waals surface area contributed by atoms with Gasteiger partial charge in [-0.25, -0.2) is 0 Å². The second-order valence-electron chi connectivity index (χ2n) is 6.37. The largest absolute Gasteiger partial charge is 0.374 e. The number of nitriles is 1. The van der Waals surface area contributed by atoms with Crippen LogP contribution in [0.5, 0.6) is 0 Å². The maximum Gasteiger partial charge on any atom is 0.196 e. The van der Waals surface area contributed by atoms with Crippen molar-refractivity contribution in [3.8, 4) is 6.07 Å². The molecule has 0 aliphatic heterocycles. The van der Waals surface area contributed by atoms with Crippen molar-refractivity contribution in [2.24, 2.45) is 5.92 Å². The molecule has 0 heterocycles. The molecule has 0 spiro atoms. The molecule has 0 amide bonds. The van der Waals surface area contributed by atoms with Gasteiger partial charge in [0.1, 0.15) is 6.07 Å². The van der Waals surface area contributed by atoms with Crippen LogP contribution in [0.4, 0.5) is 4.39 Å². The van der Waals surface area contributed by atoms with Crippen molar-refractivity contribution in [3.05, 3.63) is 47.3 Å². The lowest BCUT2D eigenvalue weighted by Crippen LogP contribution is -2.21. The van der Waals surface area contributed by atoms with E-state index in [2.05, 4.69) is 31.2 Å². The first-order valence-electron chi connectivity index (χ1n) is 8.66. The Morgan fingerprint density at radius 3 is 2.48 bits per heavy atom. The molecule has 0 atom stereocenters. The number of benzene rings is 1. The van der Waals surface area contributed by atoms with Crippen molar-refractivity contribution in [1.29, 1.82) is 5.26 Å². The normalized spacial score (nSPS) is 21.9. The zero-order chi connectivity index (χ0) is 16.5. The number of aryl methyl sites for hydroxylation is 1. The van der Waals surface area contributed by atoms with E-state index in [1.54, 1.807) is 0 Å². The quantitative estimate of drug-likeness (QED) is 0.624. The number of ether oxygens (including phenoxy) is 1. The minimum Gasteiger partial charge on any atom is -0.374 e. The van der Waals surface area contributed by atoms with Crippen LogP contribution in [0.15, 0.2) is 36.2 Å². The third-order valence-electron chi connectivity index (χ3n) is 4.72. The Kier molecular flexibility index (Phi) is 7.29. The summed E-state index contributed by atoms with van der Waals surface area (Å²) in [7, 11) is 0. The molecule has 23 heavy (non-hydrogen) atoms. The van der Waals surface area contributed by atoms with E-state index in [9.17, 15) is 4.39 Å². The van der Waals surface area contributed by atoms with Crippen molar-refractivity contribution in [3.63, 3.8) is 0 Å². The van der Waals surface area contributed by atoms with E-state index in [1.807, 2.05) is 0 Å². The summed E-state index contributed by atoms with van der Waals surface area (Å²) in [6, 6.07) is 10.2. The van der Waals surface area contributed by atoms with E-state index < -0.39 is 5.83 Å². The zero-order valence-corrected chi connectivity index (χ0v) is 13.9. The van der Waals surface area contributed by atoms with Crippen LogP contribution in [0.3, 0.4) is 0 Å². The lowest BCUT2D eigenvalue weighted by Gasteiger charge is -2.28. The molecule has 1 aromatic carbocycles. The number of nitrogens with zero attached hydrogens (tertiary/aromatic N) is 1. The summed E-state index contributed by atoms with van der Waals surface area (Å²) in [5.74, 6) is -0.0162. The Bertz CT molecular complexity index is 536. The van der Waals surface area contributed by atoms with Gasteiger partial charge in [0.2, 0.25) is 0 Å². The summed E-state index contributed by atoms with van der Waals surface area (Å²) in [4.78, 5) is 0. The van der Waals surface area contributed by atoms with Gasteiger partial charge in [-0.05, 0) is 68.1 Å². The predicted octanol–water partition coefficient (Wildman–Crippen LogP) is 5.48. The van der Waals surface area contributed by atoms with E-state index in [0.717, 1.165) is 38.5 Å². The molecule has 0 unspecified atom stereocenters. The van der Waals surface area contributed by atoms with E-state index in [0.29, 0.717) is 25.0 Å². The van der Waals surface area contributed by atoms with Crippen LogP contribution in [0.2, 0.25) is 0 Å². The highest BCUT2D eigenvalue weighted by atomic mass is 19.1. The van der Waals surface area contributed by atoms with Gasteiger partial charge in [-0.3, -0.25) is 0 Å². The Labute approximate surface area is 139 Å². The number of hydrogen-bond acceptors (Lipinski definition) is 2.